The Kier molecular flexibility index (Phi) is 6.40. The molecule has 0 radical (unpaired) electrons. The van der Waals surface area contributed by atoms with Crippen LogP contribution >= 0.6 is 11.6 Å². The SMILES string of the molecule is O=C1NC(=O)[C@](CCCc2ccccc2)(C2CCN(Cc3ccccc3Cl)CC2)N1. The molecule has 158 valence electrons. The van der Waals surface area contributed by atoms with Crippen LogP contribution < -0.4 is 10.6 Å². The number of urea groups is 1. The fourth-order valence-electron chi connectivity index (χ4n) is 4.84. The van der Waals surface area contributed by atoms with Crippen LogP contribution in [0.15, 0.2) is 54.6 Å². The first-order chi connectivity index (χ1) is 14.6. The number of carbonyl (C=O) groups is 2. The summed E-state index contributed by atoms with van der Waals surface area (Å²) < 4.78 is 0. The third kappa shape index (κ3) is 4.52. The van der Waals surface area contributed by atoms with Crippen LogP contribution in [0.3, 0.4) is 0 Å². The summed E-state index contributed by atoms with van der Waals surface area (Å²) in [6, 6.07) is 17.8. The zero-order chi connectivity index (χ0) is 21.0. The summed E-state index contributed by atoms with van der Waals surface area (Å²) in [5.74, 6) is -0.0210. The Morgan fingerprint density at radius 2 is 1.70 bits per heavy atom. The summed E-state index contributed by atoms with van der Waals surface area (Å²) in [7, 11) is 0. The standard InChI is InChI=1S/C24H28ClN3O2/c25-21-11-5-4-10-19(21)17-28-15-12-20(13-16-28)24(22(29)26-23(30)27-24)14-6-9-18-7-2-1-3-8-18/h1-5,7-8,10-11,20H,6,9,12-17H2,(H2,26,27,29,30)/t24-/m0/s1. The average molecular weight is 426 g/mol. The van der Waals surface area contributed by atoms with Crippen LogP contribution in [0.1, 0.15) is 36.8 Å². The van der Waals surface area contributed by atoms with Crippen molar-refractivity contribution in [3.8, 4) is 0 Å². The Morgan fingerprint density at radius 1 is 1.00 bits per heavy atom. The first-order valence-corrected chi connectivity index (χ1v) is 11.1. The Morgan fingerprint density at radius 3 is 2.37 bits per heavy atom. The van der Waals surface area contributed by atoms with E-state index >= 15 is 0 Å². The summed E-state index contributed by atoms with van der Waals surface area (Å²) in [5.41, 5.74) is 1.59. The van der Waals surface area contributed by atoms with E-state index < -0.39 is 5.54 Å². The van der Waals surface area contributed by atoms with E-state index in [0.717, 1.165) is 55.9 Å². The topological polar surface area (TPSA) is 61.4 Å². The number of hydrogen-bond acceptors (Lipinski definition) is 3. The minimum Gasteiger partial charge on any atom is -0.323 e. The second-order valence-corrected chi connectivity index (χ2v) is 8.77. The van der Waals surface area contributed by atoms with Crippen molar-refractivity contribution < 1.29 is 9.59 Å². The second kappa shape index (κ2) is 9.19. The lowest BCUT2D eigenvalue weighted by molar-refractivity contribution is -0.127. The Labute approximate surface area is 182 Å². The van der Waals surface area contributed by atoms with E-state index in [0.29, 0.717) is 6.42 Å². The molecule has 2 aromatic rings. The van der Waals surface area contributed by atoms with Crippen molar-refractivity contribution in [2.75, 3.05) is 13.1 Å². The van der Waals surface area contributed by atoms with Crippen LogP contribution in [-0.4, -0.2) is 35.5 Å². The number of amides is 3. The van der Waals surface area contributed by atoms with Crippen LogP contribution in [0.5, 0.6) is 0 Å². The predicted molar refractivity (Wildman–Crippen MR) is 118 cm³/mol. The molecule has 0 spiro atoms. The van der Waals surface area contributed by atoms with Gasteiger partial charge >= 0.3 is 6.03 Å². The lowest BCUT2D eigenvalue weighted by atomic mass is 9.74. The zero-order valence-electron chi connectivity index (χ0n) is 17.1. The second-order valence-electron chi connectivity index (χ2n) is 8.36. The van der Waals surface area contributed by atoms with Crippen LogP contribution in [0.25, 0.3) is 0 Å². The summed E-state index contributed by atoms with van der Waals surface area (Å²) in [5, 5.41) is 6.29. The number of benzene rings is 2. The maximum absolute atomic E-state index is 12.8. The lowest BCUT2D eigenvalue weighted by Gasteiger charge is -2.41. The van der Waals surface area contributed by atoms with Gasteiger partial charge in [0.05, 0.1) is 0 Å². The highest BCUT2D eigenvalue weighted by molar-refractivity contribution is 6.31. The van der Waals surface area contributed by atoms with Gasteiger partial charge in [-0.25, -0.2) is 4.79 Å². The normalized spacial score (nSPS) is 22.7. The number of carbonyl (C=O) groups excluding carboxylic acids is 2. The fourth-order valence-corrected chi connectivity index (χ4v) is 5.04. The number of aryl methyl sites for hydroxylation is 1. The van der Waals surface area contributed by atoms with Crippen molar-refractivity contribution >= 4 is 23.5 Å². The van der Waals surface area contributed by atoms with Gasteiger partial charge in [-0.2, -0.15) is 0 Å². The molecular formula is C24H28ClN3O2. The Hall–Kier alpha value is -2.37. The van der Waals surface area contributed by atoms with Gasteiger partial charge < -0.3 is 5.32 Å². The third-order valence-electron chi connectivity index (χ3n) is 6.48. The van der Waals surface area contributed by atoms with E-state index in [1.54, 1.807) is 0 Å². The van der Waals surface area contributed by atoms with E-state index in [9.17, 15) is 9.59 Å². The summed E-state index contributed by atoms with van der Waals surface area (Å²) >= 11 is 6.31. The molecule has 2 aromatic carbocycles. The number of hydrogen-bond donors (Lipinski definition) is 2. The first-order valence-electron chi connectivity index (χ1n) is 10.7. The molecule has 3 amide bonds. The van der Waals surface area contributed by atoms with E-state index in [4.69, 9.17) is 11.6 Å². The van der Waals surface area contributed by atoms with Crippen molar-refractivity contribution in [1.82, 2.24) is 15.5 Å². The van der Waals surface area contributed by atoms with E-state index in [1.165, 1.54) is 5.56 Å². The van der Waals surface area contributed by atoms with Crippen molar-refractivity contribution in [1.29, 1.82) is 0 Å². The molecule has 2 fully saturated rings. The molecule has 2 aliphatic rings. The molecule has 0 bridgehead atoms. The van der Waals surface area contributed by atoms with Gasteiger partial charge in [0.2, 0.25) is 0 Å². The van der Waals surface area contributed by atoms with Crippen molar-refractivity contribution in [2.24, 2.45) is 5.92 Å². The summed E-state index contributed by atoms with van der Waals surface area (Å²) in [4.78, 5) is 27.2. The van der Waals surface area contributed by atoms with Gasteiger partial charge in [-0.3, -0.25) is 15.0 Å². The zero-order valence-corrected chi connectivity index (χ0v) is 17.8. The lowest BCUT2D eigenvalue weighted by Crippen LogP contribution is -2.56. The van der Waals surface area contributed by atoms with Crippen LogP contribution in [0.2, 0.25) is 5.02 Å². The van der Waals surface area contributed by atoms with Gasteiger partial charge in [-0.1, -0.05) is 60.1 Å². The minimum atomic E-state index is -0.789. The smallest absolute Gasteiger partial charge is 0.322 e. The molecule has 2 aliphatic heterocycles. The number of imide groups is 1. The Balaban J connectivity index is 1.39. The number of likely N-dealkylation sites (tertiary alicyclic amines) is 1. The molecule has 0 unspecified atom stereocenters. The molecule has 0 saturated carbocycles. The van der Waals surface area contributed by atoms with E-state index in [1.807, 2.05) is 36.4 Å². The van der Waals surface area contributed by atoms with Crippen LogP contribution in [-0.2, 0) is 17.8 Å². The highest BCUT2D eigenvalue weighted by atomic mass is 35.5. The van der Waals surface area contributed by atoms with E-state index in [2.05, 4.69) is 33.7 Å². The number of nitrogens with one attached hydrogen (secondary N) is 2. The molecule has 0 aromatic heterocycles. The minimum absolute atomic E-state index is 0.141. The fraction of sp³-hybridized carbons (Fsp3) is 0.417. The molecule has 2 saturated heterocycles. The van der Waals surface area contributed by atoms with Gasteiger partial charge in [0.1, 0.15) is 5.54 Å². The molecule has 2 N–H and O–H groups in total. The Bertz CT molecular complexity index is 896. The van der Waals surface area contributed by atoms with Gasteiger partial charge in [-0.05, 0) is 68.3 Å². The molecule has 4 rings (SSSR count). The van der Waals surface area contributed by atoms with E-state index in [-0.39, 0.29) is 17.9 Å². The largest absolute Gasteiger partial charge is 0.323 e. The van der Waals surface area contributed by atoms with Crippen molar-refractivity contribution in [3.63, 3.8) is 0 Å². The summed E-state index contributed by atoms with van der Waals surface area (Å²) in [6.45, 7) is 2.59. The monoisotopic (exact) mass is 425 g/mol. The number of piperidine rings is 1. The molecular weight excluding hydrogens is 398 g/mol. The molecule has 30 heavy (non-hydrogen) atoms. The van der Waals surface area contributed by atoms with Crippen LogP contribution in [0.4, 0.5) is 4.79 Å². The number of rotatable bonds is 7. The molecule has 5 nitrogen and oxygen atoms in total. The highest BCUT2D eigenvalue weighted by Gasteiger charge is 2.51. The molecule has 6 heteroatoms. The quantitative estimate of drug-likeness (QED) is 0.655. The molecule has 0 aliphatic carbocycles. The predicted octanol–water partition coefficient (Wildman–Crippen LogP) is 4.15. The average Bonchev–Trinajstić information content (AvgIpc) is 3.05. The first kappa shape index (κ1) is 20.9. The van der Waals surface area contributed by atoms with Crippen LogP contribution in [0, 0.1) is 5.92 Å². The van der Waals surface area contributed by atoms with Crippen molar-refractivity contribution in [3.05, 3.63) is 70.7 Å². The van der Waals surface area contributed by atoms with Gasteiger partial charge in [0.15, 0.2) is 0 Å². The van der Waals surface area contributed by atoms with Crippen molar-refractivity contribution in [2.45, 2.75) is 44.2 Å². The third-order valence-corrected chi connectivity index (χ3v) is 6.85. The van der Waals surface area contributed by atoms with Gasteiger partial charge in [-0.15, -0.1) is 0 Å². The number of halogens is 1. The highest BCUT2D eigenvalue weighted by Crippen LogP contribution is 2.35. The molecule has 1 atom stereocenters. The van der Waals surface area contributed by atoms with Gasteiger partial charge in [0, 0.05) is 11.6 Å². The maximum atomic E-state index is 12.8. The maximum Gasteiger partial charge on any atom is 0.322 e. The van der Waals surface area contributed by atoms with Gasteiger partial charge in [0.25, 0.3) is 5.91 Å². The summed E-state index contributed by atoms with van der Waals surface area (Å²) in [6.07, 6.45) is 4.18. The number of nitrogens with zero attached hydrogens (tertiary/aromatic N) is 1. The molecule has 2 heterocycles.